The van der Waals surface area contributed by atoms with Gasteiger partial charge in [-0.05, 0) is 24.0 Å². The Morgan fingerprint density at radius 3 is 2.95 bits per heavy atom. The first-order valence-electron chi connectivity index (χ1n) is 7.02. The number of nitrogens with zero attached hydrogens (tertiary/aromatic N) is 1. The predicted octanol–water partition coefficient (Wildman–Crippen LogP) is 0.950. The van der Waals surface area contributed by atoms with Crippen LogP contribution in [0.1, 0.15) is 17.5 Å². The van der Waals surface area contributed by atoms with Crippen LogP contribution in [0.4, 0.5) is 0 Å². The smallest absolute Gasteiger partial charge is 0.253 e. The predicted molar refractivity (Wildman–Crippen MR) is 72.8 cm³/mol. The molecule has 19 heavy (non-hydrogen) atoms. The summed E-state index contributed by atoms with van der Waals surface area (Å²) in [7, 11) is 0. The molecule has 1 N–H and O–H groups in total. The molecule has 1 amide bonds. The van der Waals surface area contributed by atoms with Crippen molar-refractivity contribution in [2.24, 2.45) is 0 Å². The van der Waals surface area contributed by atoms with E-state index in [0.29, 0.717) is 13.2 Å². The summed E-state index contributed by atoms with van der Waals surface area (Å²) in [4.78, 5) is 14.4. The zero-order chi connectivity index (χ0) is 13.1. The van der Waals surface area contributed by atoms with Crippen LogP contribution in [0.3, 0.4) is 0 Å². The standard InChI is InChI=1S/C15H20N2O2/c18-15(14-10-16-7-9-19-14)17-8-3-6-12-4-1-2-5-13(12)11-17/h1-2,4-5,14,16H,3,6-11H2. The molecule has 4 nitrogen and oxygen atoms in total. The van der Waals surface area contributed by atoms with Crippen molar-refractivity contribution in [1.82, 2.24) is 10.2 Å². The van der Waals surface area contributed by atoms with E-state index in [1.54, 1.807) is 0 Å². The van der Waals surface area contributed by atoms with Crippen molar-refractivity contribution >= 4 is 5.91 Å². The van der Waals surface area contributed by atoms with E-state index in [1.807, 2.05) is 11.0 Å². The maximum atomic E-state index is 12.5. The van der Waals surface area contributed by atoms with Gasteiger partial charge in [0.25, 0.3) is 5.91 Å². The Morgan fingerprint density at radius 1 is 1.32 bits per heavy atom. The third-order valence-electron chi connectivity index (χ3n) is 3.87. The lowest BCUT2D eigenvalue weighted by atomic mass is 10.0. The maximum absolute atomic E-state index is 12.5. The molecular weight excluding hydrogens is 240 g/mol. The number of hydrogen-bond donors (Lipinski definition) is 1. The Kier molecular flexibility index (Phi) is 3.80. The van der Waals surface area contributed by atoms with E-state index in [-0.39, 0.29) is 12.0 Å². The third kappa shape index (κ3) is 2.80. The quantitative estimate of drug-likeness (QED) is 0.817. The van der Waals surface area contributed by atoms with Crippen LogP contribution in [0.15, 0.2) is 24.3 Å². The number of nitrogens with one attached hydrogen (secondary N) is 1. The van der Waals surface area contributed by atoms with Crippen LogP contribution in [-0.2, 0) is 22.5 Å². The Morgan fingerprint density at radius 2 is 2.16 bits per heavy atom. The molecule has 1 aromatic rings. The van der Waals surface area contributed by atoms with Crippen molar-refractivity contribution in [2.75, 3.05) is 26.2 Å². The zero-order valence-electron chi connectivity index (χ0n) is 11.1. The summed E-state index contributed by atoms with van der Waals surface area (Å²) >= 11 is 0. The van der Waals surface area contributed by atoms with Crippen molar-refractivity contribution in [2.45, 2.75) is 25.5 Å². The largest absolute Gasteiger partial charge is 0.366 e. The Labute approximate surface area is 113 Å². The summed E-state index contributed by atoms with van der Waals surface area (Å²) in [6, 6.07) is 8.42. The summed E-state index contributed by atoms with van der Waals surface area (Å²) in [5, 5.41) is 3.22. The summed E-state index contributed by atoms with van der Waals surface area (Å²) in [6.45, 7) is 3.65. The molecule has 1 aromatic carbocycles. The highest BCUT2D eigenvalue weighted by molar-refractivity contribution is 5.81. The number of hydrogen-bond acceptors (Lipinski definition) is 3. The van der Waals surface area contributed by atoms with Gasteiger partial charge in [-0.2, -0.15) is 0 Å². The molecule has 3 rings (SSSR count). The van der Waals surface area contributed by atoms with Gasteiger partial charge in [-0.25, -0.2) is 0 Å². The van der Waals surface area contributed by atoms with Crippen molar-refractivity contribution in [1.29, 1.82) is 0 Å². The molecule has 1 unspecified atom stereocenters. The number of aryl methyl sites for hydroxylation is 1. The zero-order valence-corrected chi connectivity index (χ0v) is 11.1. The Balaban J connectivity index is 1.73. The third-order valence-corrected chi connectivity index (χ3v) is 3.87. The van der Waals surface area contributed by atoms with Gasteiger partial charge in [-0.15, -0.1) is 0 Å². The van der Waals surface area contributed by atoms with E-state index in [2.05, 4.69) is 23.5 Å². The first-order valence-corrected chi connectivity index (χ1v) is 7.02. The van der Waals surface area contributed by atoms with Crippen molar-refractivity contribution in [3.05, 3.63) is 35.4 Å². The number of carbonyl (C=O) groups is 1. The SMILES string of the molecule is O=C(C1CNCCO1)N1CCCc2ccccc2C1. The number of ether oxygens (including phenoxy) is 1. The molecule has 102 valence electrons. The Hall–Kier alpha value is -1.39. The van der Waals surface area contributed by atoms with E-state index in [4.69, 9.17) is 4.74 Å². The lowest BCUT2D eigenvalue weighted by molar-refractivity contribution is -0.145. The van der Waals surface area contributed by atoms with E-state index in [9.17, 15) is 4.79 Å². The molecule has 0 bridgehead atoms. The van der Waals surface area contributed by atoms with E-state index < -0.39 is 0 Å². The van der Waals surface area contributed by atoms with Crippen LogP contribution in [0.5, 0.6) is 0 Å². The molecule has 2 aliphatic rings. The highest BCUT2D eigenvalue weighted by Crippen LogP contribution is 2.19. The molecule has 0 aliphatic carbocycles. The number of carbonyl (C=O) groups excluding carboxylic acids is 1. The number of rotatable bonds is 1. The number of amides is 1. The van der Waals surface area contributed by atoms with Crippen molar-refractivity contribution in [3.8, 4) is 0 Å². The summed E-state index contributed by atoms with van der Waals surface area (Å²) in [5.74, 6) is 0.129. The number of morpholine rings is 1. The van der Waals surface area contributed by atoms with Gasteiger partial charge >= 0.3 is 0 Å². The van der Waals surface area contributed by atoms with Crippen LogP contribution in [0.25, 0.3) is 0 Å². The van der Waals surface area contributed by atoms with Gasteiger partial charge in [0.2, 0.25) is 0 Å². The second-order valence-corrected chi connectivity index (χ2v) is 5.20. The highest BCUT2D eigenvalue weighted by Gasteiger charge is 2.28. The summed E-state index contributed by atoms with van der Waals surface area (Å²) < 4.78 is 5.57. The monoisotopic (exact) mass is 260 g/mol. The van der Waals surface area contributed by atoms with Crippen LogP contribution >= 0.6 is 0 Å². The average molecular weight is 260 g/mol. The molecule has 1 atom stereocenters. The molecule has 0 saturated carbocycles. The maximum Gasteiger partial charge on any atom is 0.253 e. The molecule has 1 fully saturated rings. The van der Waals surface area contributed by atoms with Gasteiger partial charge in [0.1, 0.15) is 6.10 Å². The van der Waals surface area contributed by atoms with Gasteiger partial charge in [0, 0.05) is 26.2 Å². The minimum Gasteiger partial charge on any atom is -0.366 e. The molecule has 0 radical (unpaired) electrons. The fourth-order valence-corrected chi connectivity index (χ4v) is 2.82. The molecule has 4 heteroatoms. The Bertz CT molecular complexity index is 455. The van der Waals surface area contributed by atoms with Gasteiger partial charge < -0.3 is 15.0 Å². The van der Waals surface area contributed by atoms with Crippen LogP contribution in [0.2, 0.25) is 0 Å². The molecule has 0 aromatic heterocycles. The first-order chi connectivity index (χ1) is 9.34. The van der Waals surface area contributed by atoms with Crippen LogP contribution in [0, 0.1) is 0 Å². The van der Waals surface area contributed by atoms with Crippen LogP contribution < -0.4 is 5.32 Å². The average Bonchev–Trinajstić information content (AvgIpc) is 2.69. The van der Waals surface area contributed by atoms with Crippen molar-refractivity contribution < 1.29 is 9.53 Å². The fourth-order valence-electron chi connectivity index (χ4n) is 2.82. The number of fused-ring (bicyclic) bond motifs is 1. The minimum atomic E-state index is -0.306. The van der Waals surface area contributed by atoms with Crippen LogP contribution in [-0.4, -0.2) is 43.2 Å². The molecular formula is C15H20N2O2. The summed E-state index contributed by atoms with van der Waals surface area (Å²) in [5.41, 5.74) is 2.65. The molecule has 1 saturated heterocycles. The first kappa shape index (κ1) is 12.6. The fraction of sp³-hybridized carbons (Fsp3) is 0.533. The number of benzene rings is 1. The topological polar surface area (TPSA) is 41.6 Å². The summed E-state index contributed by atoms with van der Waals surface area (Å²) in [6.07, 6.45) is 1.78. The van der Waals surface area contributed by atoms with E-state index >= 15 is 0 Å². The molecule has 2 heterocycles. The second kappa shape index (κ2) is 5.72. The lowest BCUT2D eigenvalue weighted by Crippen LogP contribution is -2.49. The molecule has 2 aliphatic heterocycles. The highest BCUT2D eigenvalue weighted by atomic mass is 16.5. The van der Waals surface area contributed by atoms with Crippen molar-refractivity contribution in [3.63, 3.8) is 0 Å². The normalized spacial score (nSPS) is 23.6. The van der Waals surface area contributed by atoms with E-state index in [0.717, 1.165) is 32.5 Å². The van der Waals surface area contributed by atoms with Gasteiger partial charge in [-0.1, -0.05) is 24.3 Å². The lowest BCUT2D eigenvalue weighted by Gasteiger charge is -2.29. The van der Waals surface area contributed by atoms with Gasteiger partial charge in [0.05, 0.1) is 6.61 Å². The van der Waals surface area contributed by atoms with E-state index in [1.165, 1.54) is 11.1 Å². The minimum absolute atomic E-state index is 0.129. The van der Waals surface area contributed by atoms with Gasteiger partial charge in [-0.3, -0.25) is 4.79 Å². The molecule has 0 spiro atoms. The van der Waals surface area contributed by atoms with Gasteiger partial charge in [0.15, 0.2) is 0 Å². The second-order valence-electron chi connectivity index (χ2n) is 5.20.